The highest BCUT2D eigenvalue weighted by Gasteiger charge is 2.16. The Kier molecular flexibility index (Phi) is 5.27. The Labute approximate surface area is 173 Å². The number of amides is 1. The summed E-state index contributed by atoms with van der Waals surface area (Å²) in [6.45, 7) is 5.99. The minimum absolute atomic E-state index is 0.0660. The van der Waals surface area contributed by atoms with Gasteiger partial charge in [-0.2, -0.15) is 4.98 Å². The summed E-state index contributed by atoms with van der Waals surface area (Å²) in [5, 5.41) is 7.02. The zero-order valence-corrected chi connectivity index (χ0v) is 17.1. The highest BCUT2D eigenvalue weighted by molar-refractivity contribution is 5.91. The number of para-hydroxylation sites is 1. The summed E-state index contributed by atoms with van der Waals surface area (Å²) in [6, 6.07) is 14.4. The van der Waals surface area contributed by atoms with Crippen LogP contribution in [0.3, 0.4) is 0 Å². The first kappa shape index (κ1) is 19.7. The van der Waals surface area contributed by atoms with Gasteiger partial charge in [-0.25, -0.2) is 13.9 Å². The van der Waals surface area contributed by atoms with E-state index in [0.29, 0.717) is 11.6 Å². The van der Waals surface area contributed by atoms with E-state index in [1.165, 1.54) is 23.3 Å². The molecule has 6 nitrogen and oxygen atoms in total. The van der Waals surface area contributed by atoms with Crippen molar-refractivity contribution in [2.75, 3.05) is 5.32 Å². The Hall–Kier alpha value is -3.61. The quantitative estimate of drug-likeness (QED) is 0.547. The maximum absolute atomic E-state index is 13.7. The predicted octanol–water partition coefficient (Wildman–Crippen LogP) is 3.96. The Morgan fingerprint density at radius 2 is 1.77 bits per heavy atom. The van der Waals surface area contributed by atoms with Crippen LogP contribution in [0.2, 0.25) is 0 Å². The average molecular weight is 403 g/mol. The molecule has 30 heavy (non-hydrogen) atoms. The third kappa shape index (κ3) is 4.05. The smallest absolute Gasteiger partial charge is 0.252 e. The number of aryl methyl sites for hydroxylation is 3. The fraction of sp³-hybridized carbons (Fsp3) is 0.217. The highest BCUT2D eigenvalue weighted by atomic mass is 19.1. The minimum Gasteiger partial charge on any atom is -0.323 e. The monoisotopic (exact) mass is 403 g/mol. The number of halogens is 1. The zero-order chi connectivity index (χ0) is 21.3. The third-order valence-corrected chi connectivity index (χ3v) is 5.06. The van der Waals surface area contributed by atoms with Gasteiger partial charge in [0.2, 0.25) is 5.91 Å². The second-order valence-electron chi connectivity index (χ2n) is 7.37. The molecule has 4 rings (SSSR count). The molecule has 0 unspecified atom stereocenters. The van der Waals surface area contributed by atoms with E-state index in [9.17, 15) is 9.18 Å². The standard InChI is InChI=1S/C23H22FN5O/c1-14-8-10-17(11-9-14)12-18-15(2)25-23-27-21(28-29(23)16(18)3)13-22(30)26-20-7-5-4-6-19(20)24/h4-11H,12-13H2,1-3H3,(H,26,30). The van der Waals surface area contributed by atoms with Gasteiger partial charge >= 0.3 is 0 Å². The number of nitrogens with one attached hydrogen (secondary N) is 1. The number of aromatic nitrogens is 4. The van der Waals surface area contributed by atoms with E-state index in [1.54, 1.807) is 16.6 Å². The second-order valence-corrected chi connectivity index (χ2v) is 7.37. The van der Waals surface area contributed by atoms with Gasteiger partial charge in [0.25, 0.3) is 5.78 Å². The van der Waals surface area contributed by atoms with E-state index in [4.69, 9.17) is 0 Å². The third-order valence-electron chi connectivity index (χ3n) is 5.06. The molecule has 1 amide bonds. The molecule has 0 radical (unpaired) electrons. The van der Waals surface area contributed by atoms with Crippen LogP contribution in [0.1, 0.15) is 33.9 Å². The van der Waals surface area contributed by atoms with E-state index in [1.807, 2.05) is 13.8 Å². The van der Waals surface area contributed by atoms with Gasteiger partial charge in [-0.05, 0) is 44.0 Å². The largest absolute Gasteiger partial charge is 0.323 e. The number of carbonyl (C=O) groups excluding carboxylic acids is 1. The molecule has 7 heteroatoms. The van der Waals surface area contributed by atoms with E-state index < -0.39 is 5.82 Å². The summed E-state index contributed by atoms with van der Waals surface area (Å²) in [5.41, 5.74) is 5.45. The van der Waals surface area contributed by atoms with Crippen molar-refractivity contribution < 1.29 is 9.18 Å². The number of nitrogens with zero attached hydrogens (tertiary/aromatic N) is 4. The van der Waals surface area contributed by atoms with Crippen molar-refractivity contribution in [3.8, 4) is 0 Å². The van der Waals surface area contributed by atoms with Gasteiger partial charge in [-0.3, -0.25) is 4.79 Å². The van der Waals surface area contributed by atoms with E-state index in [-0.39, 0.29) is 18.0 Å². The molecule has 0 fully saturated rings. The number of fused-ring (bicyclic) bond motifs is 1. The minimum atomic E-state index is -0.484. The first-order valence-corrected chi connectivity index (χ1v) is 9.72. The topological polar surface area (TPSA) is 72.2 Å². The molecule has 2 heterocycles. The van der Waals surface area contributed by atoms with Gasteiger partial charge in [0, 0.05) is 17.8 Å². The lowest BCUT2D eigenvalue weighted by Crippen LogP contribution is -2.16. The fourth-order valence-electron chi connectivity index (χ4n) is 3.39. The lowest BCUT2D eigenvalue weighted by molar-refractivity contribution is -0.115. The Bertz CT molecular complexity index is 1230. The number of anilines is 1. The van der Waals surface area contributed by atoms with E-state index in [0.717, 1.165) is 23.4 Å². The summed E-state index contributed by atoms with van der Waals surface area (Å²) >= 11 is 0. The predicted molar refractivity (Wildman–Crippen MR) is 113 cm³/mol. The number of hydrogen-bond donors (Lipinski definition) is 1. The van der Waals surface area contributed by atoms with Crippen molar-refractivity contribution in [2.24, 2.45) is 0 Å². The molecule has 0 atom stereocenters. The van der Waals surface area contributed by atoms with Crippen LogP contribution in [0.4, 0.5) is 10.1 Å². The molecule has 0 spiro atoms. The zero-order valence-electron chi connectivity index (χ0n) is 17.1. The van der Waals surface area contributed by atoms with Crippen molar-refractivity contribution in [1.29, 1.82) is 0 Å². The van der Waals surface area contributed by atoms with Gasteiger partial charge in [0.05, 0.1) is 12.1 Å². The summed E-state index contributed by atoms with van der Waals surface area (Å²) < 4.78 is 15.4. The van der Waals surface area contributed by atoms with Gasteiger partial charge in [-0.15, -0.1) is 5.10 Å². The molecular formula is C23H22FN5O. The lowest BCUT2D eigenvalue weighted by atomic mass is 10.0. The normalized spacial score (nSPS) is 11.1. The van der Waals surface area contributed by atoms with E-state index >= 15 is 0 Å². The van der Waals surface area contributed by atoms with Crippen LogP contribution in [0.15, 0.2) is 48.5 Å². The maximum Gasteiger partial charge on any atom is 0.252 e. The second kappa shape index (κ2) is 8.02. The van der Waals surface area contributed by atoms with Crippen molar-refractivity contribution in [1.82, 2.24) is 19.6 Å². The van der Waals surface area contributed by atoms with Gasteiger partial charge in [-0.1, -0.05) is 42.0 Å². The summed E-state index contributed by atoms with van der Waals surface area (Å²) in [5.74, 6) is -0.0781. The molecule has 0 saturated heterocycles. The lowest BCUT2D eigenvalue weighted by Gasteiger charge is -2.10. The van der Waals surface area contributed by atoms with Crippen LogP contribution in [-0.4, -0.2) is 25.5 Å². The van der Waals surface area contributed by atoms with Crippen LogP contribution in [0.25, 0.3) is 5.78 Å². The SMILES string of the molecule is Cc1ccc(Cc2c(C)nc3nc(CC(=O)Nc4ccccc4F)nn3c2C)cc1. The fourth-order valence-corrected chi connectivity index (χ4v) is 3.39. The van der Waals surface area contributed by atoms with Crippen LogP contribution in [-0.2, 0) is 17.6 Å². The first-order chi connectivity index (χ1) is 14.4. The molecule has 4 aromatic rings. The summed E-state index contributed by atoms with van der Waals surface area (Å²) in [4.78, 5) is 21.3. The molecule has 1 N–H and O–H groups in total. The van der Waals surface area contributed by atoms with Gasteiger partial charge in [0.15, 0.2) is 5.82 Å². The van der Waals surface area contributed by atoms with Crippen molar-refractivity contribution in [3.05, 3.63) is 88.3 Å². The van der Waals surface area contributed by atoms with Crippen LogP contribution < -0.4 is 5.32 Å². The molecule has 0 aliphatic heterocycles. The van der Waals surface area contributed by atoms with Crippen molar-refractivity contribution in [2.45, 2.75) is 33.6 Å². The molecule has 0 aliphatic rings. The molecule has 0 bridgehead atoms. The molecular weight excluding hydrogens is 381 g/mol. The number of rotatable bonds is 5. The average Bonchev–Trinajstić information content (AvgIpc) is 3.10. The summed E-state index contributed by atoms with van der Waals surface area (Å²) in [6.07, 6.45) is 0.674. The first-order valence-electron chi connectivity index (χ1n) is 9.72. The Balaban J connectivity index is 1.58. The molecule has 0 aliphatic carbocycles. The Morgan fingerprint density at radius 1 is 1.03 bits per heavy atom. The highest BCUT2D eigenvalue weighted by Crippen LogP contribution is 2.19. The van der Waals surface area contributed by atoms with Gasteiger partial charge < -0.3 is 5.32 Å². The van der Waals surface area contributed by atoms with Crippen molar-refractivity contribution >= 4 is 17.4 Å². The van der Waals surface area contributed by atoms with Crippen LogP contribution >= 0.6 is 0 Å². The molecule has 2 aromatic heterocycles. The number of benzene rings is 2. The van der Waals surface area contributed by atoms with E-state index in [2.05, 4.69) is 51.6 Å². The number of carbonyl (C=O) groups is 1. The molecule has 2 aromatic carbocycles. The summed E-state index contributed by atoms with van der Waals surface area (Å²) in [7, 11) is 0. The van der Waals surface area contributed by atoms with Crippen LogP contribution in [0, 0.1) is 26.6 Å². The van der Waals surface area contributed by atoms with Gasteiger partial charge in [0.1, 0.15) is 5.82 Å². The van der Waals surface area contributed by atoms with Crippen LogP contribution in [0.5, 0.6) is 0 Å². The molecule has 152 valence electrons. The molecule has 0 saturated carbocycles. The van der Waals surface area contributed by atoms with Crippen molar-refractivity contribution in [3.63, 3.8) is 0 Å². The number of hydrogen-bond acceptors (Lipinski definition) is 4. The Morgan fingerprint density at radius 3 is 2.50 bits per heavy atom. The maximum atomic E-state index is 13.7.